The van der Waals surface area contributed by atoms with E-state index >= 15 is 0 Å². The predicted molar refractivity (Wildman–Crippen MR) is 121 cm³/mol. The molecule has 1 amide bonds. The molecular formula is C25H32N2O4. The zero-order valence-electron chi connectivity index (χ0n) is 18.6. The number of piperidine rings is 1. The van der Waals surface area contributed by atoms with Gasteiger partial charge < -0.3 is 24.4 Å². The van der Waals surface area contributed by atoms with Crippen LogP contribution >= 0.6 is 0 Å². The molecule has 0 radical (unpaired) electrons. The van der Waals surface area contributed by atoms with Crippen LogP contribution < -0.4 is 24.4 Å². The van der Waals surface area contributed by atoms with Gasteiger partial charge in [-0.15, -0.1) is 0 Å². The maximum atomic E-state index is 13.2. The van der Waals surface area contributed by atoms with Crippen LogP contribution in [0.5, 0.6) is 17.2 Å². The van der Waals surface area contributed by atoms with Crippen molar-refractivity contribution in [2.24, 2.45) is 5.92 Å². The summed E-state index contributed by atoms with van der Waals surface area (Å²) in [6.07, 6.45) is 4.94. The van der Waals surface area contributed by atoms with Gasteiger partial charge in [0, 0.05) is 30.9 Å². The Morgan fingerprint density at radius 2 is 1.87 bits per heavy atom. The van der Waals surface area contributed by atoms with E-state index in [1.54, 1.807) is 21.3 Å². The Morgan fingerprint density at radius 3 is 2.65 bits per heavy atom. The van der Waals surface area contributed by atoms with Crippen LogP contribution in [0.1, 0.15) is 30.4 Å². The largest absolute Gasteiger partial charge is 0.497 e. The van der Waals surface area contributed by atoms with E-state index in [4.69, 9.17) is 14.2 Å². The third-order valence-corrected chi connectivity index (χ3v) is 6.55. The lowest BCUT2D eigenvalue weighted by atomic mass is 9.80. The first-order valence-electron chi connectivity index (χ1n) is 11.1. The van der Waals surface area contributed by atoms with Gasteiger partial charge in [-0.05, 0) is 61.4 Å². The Balaban J connectivity index is 1.43. The molecule has 6 nitrogen and oxygen atoms in total. The van der Waals surface area contributed by atoms with Gasteiger partial charge >= 0.3 is 0 Å². The van der Waals surface area contributed by atoms with Gasteiger partial charge in [-0.2, -0.15) is 0 Å². The molecule has 31 heavy (non-hydrogen) atoms. The van der Waals surface area contributed by atoms with Gasteiger partial charge in [-0.3, -0.25) is 4.79 Å². The van der Waals surface area contributed by atoms with Crippen LogP contribution in [0.15, 0.2) is 36.4 Å². The van der Waals surface area contributed by atoms with Crippen LogP contribution in [0.4, 0.5) is 5.69 Å². The third kappa shape index (κ3) is 4.43. The van der Waals surface area contributed by atoms with Gasteiger partial charge in [0.15, 0.2) is 11.5 Å². The molecule has 1 saturated heterocycles. The Labute approximate surface area is 184 Å². The first kappa shape index (κ1) is 21.3. The number of carbonyl (C=O) groups excluding carboxylic acids is 1. The zero-order valence-corrected chi connectivity index (χ0v) is 18.6. The summed E-state index contributed by atoms with van der Waals surface area (Å²) < 4.78 is 16.1. The molecule has 2 aromatic carbocycles. The summed E-state index contributed by atoms with van der Waals surface area (Å²) >= 11 is 0. The third-order valence-electron chi connectivity index (χ3n) is 6.55. The van der Waals surface area contributed by atoms with Gasteiger partial charge in [0.05, 0.1) is 27.2 Å². The van der Waals surface area contributed by atoms with Crippen molar-refractivity contribution in [2.45, 2.75) is 38.1 Å². The van der Waals surface area contributed by atoms with E-state index in [2.05, 4.69) is 22.3 Å². The number of amides is 1. The fraction of sp³-hybridized carbons (Fsp3) is 0.480. The van der Waals surface area contributed by atoms with E-state index in [9.17, 15) is 4.79 Å². The molecule has 0 aromatic heterocycles. The SMILES string of the molecule is COc1ccc2c(c1)N1CCCCC1C(C(=O)NCCc1ccc(OC)c(OC)c1)C2. The average Bonchev–Trinajstić information content (AvgIpc) is 2.82. The maximum Gasteiger partial charge on any atom is 0.225 e. The number of carbonyl (C=O) groups is 1. The van der Waals surface area contributed by atoms with E-state index in [1.807, 2.05) is 24.3 Å². The van der Waals surface area contributed by atoms with Crippen LogP contribution in [-0.2, 0) is 17.6 Å². The summed E-state index contributed by atoms with van der Waals surface area (Å²) in [5, 5.41) is 3.19. The van der Waals surface area contributed by atoms with Gasteiger partial charge in [0.25, 0.3) is 0 Å². The first-order chi connectivity index (χ1) is 15.1. The molecule has 1 fully saturated rings. The van der Waals surface area contributed by atoms with Crippen molar-refractivity contribution >= 4 is 11.6 Å². The highest BCUT2D eigenvalue weighted by atomic mass is 16.5. The molecule has 0 bridgehead atoms. The smallest absolute Gasteiger partial charge is 0.225 e. The van der Waals surface area contributed by atoms with Crippen LogP contribution in [0, 0.1) is 5.92 Å². The van der Waals surface area contributed by atoms with Crippen LogP contribution in [0.3, 0.4) is 0 Å². The number of anilines is 1. The summed E-state index contributed by atoms with van der Waals surface area (Å²) in [5.41, 5.74) is 3.58. The van der Waals surface area contributed by atoms with Crippen molar-refractivity contribution in [1.82, 2.24) is 5.32 Å². The summed E-state index contributed by atoms with van der Waals surface area (Å²) in [6, 6.07) is 12.4. The fourth-order valence-electron chi connectivity index (χ4n) is 4.92. The van der Waals surface area contributed by atoms with Crippen LogP contribution in [0.25, 0.3) is 0 Å². The number of benzene rings is 2. The normalized spacial score (nSPS) is 19.8. The summed E-state index contributed by atoms with van der Waals surface area (Å²) in [4.78, 5) is 15.6. The number of hydrogen-bond donors (Lipinski definition) is 1. The fourth-order valence-corrected chi connectivity index (χ4v) is 4.92. The molecular weight excluding hydrogens is 392 g/mol. The number of fused-ring (bicyclic) bond motifs is 3. The molecule has 2 heterocycles. The molecule has 0 spiro atoms. The van der Waals surface area contributed by atoms with Gasteiger partial charge in [0.2, 0.25) is 5.91 Å². The number of ether oxygens (including phenoxy) is 3. The first-order valence-corrected chi connectivity index (χ1v) is 11.1. The minimum atomic E-state index is -0.0217. The highest BCUT2D eigenvalue weighted by Crippen LogP contribution is 2.40. The Hall–Kier alpha value is -2.89. The molecule has 1 N–H and O–H groups in total. The van der Waals surface area contributed by atoms with Gasteiger partial charge in [-0.1, -0.05) is 12.1 Å². The lowest BCUT2D eigenvalue weighted by Crippen LogP contribution is -2.53. The Kier molecular flexibility index (Phi) is 6.54. The number of nitrogens with one attached hydrogen (secondary N) is 1. The summed E-state index contributed by atoms with van der Waals surface area (Å²) in [5.74, 6) is 2.43. The second-order valence-electron chi connectivity index (χ2n) is 8.29. The number of methoxy groups -OCH3 is 3. The molecule has 2 aromatic rings. The predicted octanol–water partition coefficient (Wildman–Crippen LogP) is 3.60. The van der Waals surface area contributed by atoms with Crippen molar-refractivity contribution in [3.8, 4) is 17.2 Å². The lowest BCUT2D eigenvalue weighted by Gasteiger charge is -2.46. The van der Waals surface area contributed by atoms with E-state index < -0.39 is 0 Å². The van der Waals surface area contributed by atoms with Crippen molar-refractivity contribution < 1.29 is 19.0 Å². The van der Waals surface area contributed by atoms with Crippen molar-refractivity contribution in [3.63, 3.8) is 0 Å². The molecule has 4 rings (SSSR count). The number of rotatable bonds is 7. The molecule has 2 atom stereocenters. The van der Waals surface area contributed by atoms with Gasteiger partial charge in [0.1, 0.15) is 5.75 Å². The number of hydrogen-bond acceptors (Lipinski definition) is 5. The zero-order chi connectivity index (χ0) is 21.8. The standard InChI is InChI=1S/C25H32N2O4/c1-29-19-9-8-18-15-20(21-6-4-5-13-27(21)22(18)16-19)25(28)26-12-11-17-7-10-23(30-2)24(14-17)31-3/h7-10,14,16,20-21H,4-6,11-13,15H2,1-3H3,(H,26,28). The van der Waals surface area contributed by atoms with Crippen LogP contribution in [0.2, 0.25) is 0 Å². The Bertz CT molecular complexity index is 930. The minimum absolute atomic E-state index is 0.0217. The van der Waals surface area contributed by atoms with Gasteiger partial charge in [-0.25, -0.2) is 0 Å². The molecule has 166 valence electrons. The quantitative estimate of drug-likeness (QED) is 0.736. The Morgan fingerprint density at radius 1 is 1.03 bits per heavy atom. The highest BCUT2D eigenvalue weighted by Gasteiger charge is 2.39. The molecule has 0 saturated carbocycles. The van der Waals surface area contributed by atoms with Crippen molar-refractivity contribution in [2.75, 3.05) is 39.3 Å². The molecule has 2 unspecified atom stereocenters. The van der Waals surface area contributed by atoms with E-state index in [0.717, 1.165) is 37.1 Å². The molecule has 0 aliphatic carbocycles. The van der Waals surface area contributed by atoms with E-state index in [-0.39, 0.29) is 17.9 Å². The summed E-state index contributed by atoms with van der Waals surface area (Å²) in [7, 11) is 4.97. The second kappa shape index (κ2) is 9.50. The lowest BCUT2D eigenvalue weighted by molar-refractivity contribution is -0.125. The average molecular weight is 425 g/mol. The topological polar surface area (TPSA) is 60.0 Å². The summed E-state index contributed by atoms with van der Waals surface area (Å²) in [6.45, 7) is 1.60. The van der Waals surface area contributed by atoms with Crippen molar-refractivity contribution in [3.05, 3.63) is 47.5 Å². The maximum absolute atomic E-state index is 13.2. The van der Waals surface area contributed by atoms with E-state index in [0.29, 0.717) is 18.0 Å². The number of nitrogens with zero attached hydrogens (tertiary/aromatic N) is 1. The molecule has 2 aliphatic heterocycles. The second-order valence-corrected chi connectivity index (χ2v) is 8.29. The van der Waals surface area contributed by atoms with Crippen LogP contribution in [-0.4, -0.2) is 46.4 Å². The van der Waals surface area contributed by atoms with Crippen molar-refractivity contribution in [1.29, 1.82) is 0 Å². The monoisotopic (exact) mass is 424 g/mol. The molecule has 2 aliphatic rings. The molecule has 6 heteroatoms. The minimum Gasteiger partial charge on any atom is -0.497 e. The van der Waals surface area contributed by atoms with E-state index in [1.165, 1.54) is 24.1 Å². The highest BCUT2D eigenvalue weighted by molar-refractivity contribution is 5.82.